The van der Waals surface area contributed by atoms with Gasteiger partial charge in [0.2, 0.25) is 0 Å². The first-order valence-electron chi connectivity index (χ1n) is 4.11. The Hall–Kier alpha value is -1.30. The smallest absolute Gasteiger partial charge is 0.175 e. The van der Waals surface area contributed by atoms with Crippen LogP contribution in [0, 0.1) is 5.41 Å². The lowest BCUT2D eigenvalue weighted by molar-refractivity contribution is 0.746. The van der Waals surface area contributed by atoms with Crippen molar-refractivity contribution < 1.29 is 0 Å². The molecular formula is C8H11N5S. The van der Waals surface area contributed by atoms with Crippen LogP contribution in [0.4, 0.5) is 0 Å². The van der Waals surface area contributed by atoms with Gasteiger partial charge in [0.25, 0.3) is 0 Å². The van der Waals surface area contributed by atoms with Gasteiger partial charge in [0.1, 0.15) is 5.52 Å². The molecule has 0 aromatic carbocycles. The number of hydrogen-bond acceptors (Lipinski definition) is 4. The fraction of sp³-hybridized carbons (Fsp3) is 0.375. The molecule has 0 radical (unpaired) electrons. The summed E-state index contributed by atoms with van der Waals surface area (Å²) in [5.74, 6) is 0. The van der Waals surface area contributed by atoms with Crippen LogP contribution >= 0.6 is 11.8 Å². The van der Waals surface area contributed by atoms with Gasteiger partial charge < -0.3 is 9.13 Å². The van der Waals surface area contributed by atoms with E-state index in [0.717, 1.165) is 16.3 Å². The standard InChI is InChI=1S/C8H11N5S/c1-12-4-10-7-5(12)6(9)11-8(14-3)13(7)2/h4,9H,1-3H3. The van der Waals surface area contributed by atoms with Gasteiger partial charge in [-0.1, -0.05) is 11.8 Å². The van der Waals surface area contributed by atoms with E-state index >= 15 is 0 Å². The van der Waals surface area contributed by atoms with E-state index in [4.69, 9.17) is 5.41 Å². The summed E-state index contributed by atoms with van der Waals surface area (Å²) in [4.78, 5) is 8.42. The normalized spacial score (nSPS) is 11.1. The van der Waals surface area contributed by atoms with E-state index in [1.807, 2.05) is 29.5 Å². The summed E-state index contributed by atoms with van der Waals surface area (Å²) in [7, 11) is 3.78. The number of hydrogen-bond donors (Lipinski definition) is 1. The minimum atomic E-state index is 0.280. The summed E-state index contributed by atoms with van der Waals surface area (Å²) in [5.41, 5.74) is 1.85. The molecule has 0 atom stereocenters. The zero-order valence-electron chi connectivity index (χ0n) is 8.27. The highest BCUT2D eigenvalue weighted by molar-refractivity contribution is 7.98. The fourth-order valence-electron chi connectivity index (χ4n) is 1.43. The van der Waals surface area contributed by atoms with E-state index in [-0.39, 0.29) is 5.49 Å². The molecule has 0 aliphatic heterocycles. The van der Waals surface area contributed by atoms with Gasteiger partial charge in [-0.2, -0.15) is 0 Å². The molecule has 5 nitrogen and oxygen atoms in total. The molecule has 2 aromatic rings. The monoisotopic (exact) mass is 209 g/mol. The number of nitrogens with one attached hydrogen (secondary N) is 1. The summed E-state index contributed by atoms with van der Waals surface area (Å²) < 4.78 is 3.72. The van der Waals surface area contributed by atoms with Crippen LogP contribution in [-0.2, 0) is 14.1 Å². The summed E-state index contributed by atoms with van der Waals surface area (Å²) >= 11 is 1.52. The van der Waals surface area contributed by atoms with Crippen molar-refractivity contribution in [3.63, 3.8) is 0 Å². The number of nitrogens with zero attached hydrogens (tertiary/aromatic N) is 4. The maximum atomic E-state index is 7.76. The van der Waals surface area contributed by atoms with Gasteiger partial charge >= 0.3 is 0 Å². The van der Waals surface area contributed by atoms with Crippen LogP contribution in [0.2, 0.25) is 0 Å². The van der Waals surface area contributed by atoms with E-state index in [0.29, 0.717) is 0 Å². The quantitative estimate of drug-likeness (QED) is 0.550. The fourth-order valence-corrected chi connectivity index (χ4v) is 1.98. The topological polar surface area (TPSA) is 59.5 Å². The van der Waals surface area contributed by atoms with Crippen LogP contribution in [0.15, 0.2) is 11.5 Å². The Labute approximate surface area is 85.3 Å². The molecular weight excluding hydrogens is 198 g/mol. The number of fused-ring (bicyclic) bond motifs is 1. The Balaban J connectivity index is 2.97. The van der Waals surface area contributed by atoms with Crippen LogP contribution in [-0.4, -0.2) is 25.4 Å². The maximum absolute atomic E-state index is 7.76. The molecule has 2 rings (SSSR count). The van der Waals surface area contributed by atoms with Gasteiger partial charge in [-0.25, -0.2) is 9.97 Å². The molecule has 0 fully saturated rings. The Morgan fingerprint density at radius 3 is 2.79 bits per heavy atom. The molecule has 0 saturated heterocycles. The summed E-state index contributed by atoms with van der Waals surface area (Å²) in [6.45, 7) is 0. The zero-order valence-corrected chi connectivity index (χ0v) is 9.09. The van der Waals surface area contributed by atoms with Gasteiger partial charge in [-0.3, -0.25) is 5.41 Å². The van der Waals surface area contributed by atoms with Crippen LogP contribution in [0.1, 0.15) is 0 Å². The summed E-state index contributed by atoms with van der Waals surface area (Å²) in [5, 5.41) is 8.57. The van der Waals surface area contributed by atoms with Crippen molar-refractivity contribution >= 4 is 22.9 Å². The molecule has 2 aromatic heterocycles. The lowest BCUT2D eigenvalue weighted by Gasteiger charge is -2.05. The second kappa shape index (κ2) is 3.13. The second-order valence-electron chi connectivity index (χ2n) is 3.03. The van der Waals surface area contributed by atoms with E-state index in [2.05, 4.69) is 9.97 Å². The number of aryl methyl sites for hydroxylation is 2. The molecule has 0 aliphatic carbocycles. The van der Waals surface area contributed by atoms with Crippen molar-refractivity contribution in [3.8, 4) is 0 Å². The Bertz CT molecular complexity index is 538. The average Bonchev–Trinajstić information content (AvgIpc) is 2.54. The van der Waals surface area contributed by atoms with Crippen LogP contribution < -0.4 is 5.49 Å². The molecule has 2 heterocycles. The van der Waals surface area contributed by atoms with Crippen molar-refractivity contribution in [1.29, 1.82) is 5.41 Å². The molecule has 0 amide bonds. The SMILES string of the molecule is CSc1nc(=N)c2c(ncn2C)n1C. The average molecular weight is 209 g/mol. The Kier molecular flexibility index (Phi) is 2.07. The summed E-state index contributed by atoms with van der Waals surface area (Å²) in [6.07, 6.45) is 3.64. The van der Waals surface area contributed by atoms with Gasteiger partial charge in [-0.05, 0) is 6.26 Å². The maximum Gasteiger partial charge on any atom is 0.175 e. The molecule has 0 spiro atoms. The van der Waals surface area contributed by atoms with Crippen molar-refractivity contribution in [3.05, 3.63) is 11.8 Å². The number of thioether (sulfide) groups is 1. The molecule has 14 heavy (non-hydrogen) atoms. The first-order valence-corrected chi connectivity index (χ1v) is 5.34. The third-order valence-corrected chi connectivity index (χ3v) is 2.87. The largest absolute Gasteiger partial charge is 0.329 e. The van der Waals surface area contributed by atoms with Crippen molar-refractivity contribution in [2.24, 2.45) is 14.1 Å². The predicted molar refractivity (Wildman–Crippen MR) is 55.1 cm³/mol. The number of aromatic nitrogens is 4. The van der Waals surface area contributed by atoms with Gasteiger partial charge in [0, 0.05) is 14.1 Å². The number of rotatable bonds is 1. The van der Waals surface area contributed by atoms with E-state index < -0.39 is 0 Å². The van der Waals surface area contributed by atoms with Crippen molar-refractivity contribution in [2.45, 2.75) is 5.16 Å². The minimum Gasteiger partial charge on any atom is -0.329 e. The minimum absolute atomic E-state index is 0.280. The van der Waals surface area contributed by atoms with Crippen molar-refractivity contribution in [1.82, 2.24) is 19.1 Å². The van der Waals surface area contributed by atoms with Crippen LogP contribution in [0.3, 0.4) is 0 Å². The predicted octanol–water partition coefficient (Wildman–Crippen LogP) is 0.508. The molecule has 0 aliphatic rings. The Morgan fingerprint density at radius 2 is 2.14 bits per heavy atom. The highest BCUT2D eigenvalue weighted by Gasteiger charge is 2.08. The van der Waals surface area contributed by atoms with Crippen molar-refractivity contribution in [2.75, 3.05) is 6.26 Å². The molecule has 1 N–H and O–H groups in total. The van der Waals surface area contributed by atoms with Gasteiger partial charge in [0.05, 0.1) is 6.33 Å². The van der Waals surface area contributed by atoms with E-state index in [9.17, 15) is 0 Å². The zero-order chi connectivity index (χ0) is 10.3. The summed E-state index contributed by atoms with van der Waals surface area (Å²) in [6, 6.07) is 0. The van der Waals surface area contributed by atoms with Gasteiger partial charge in [0.15, 0.2) is 16.3 Å². The number of imidazole rings is 1. The molecule has 74 valence electrons. The van der Waals surface area contributed by atoms with E-state index in [1.54, 1.807) is 6.33 Å². The van der Waals surface area contributed by atoms with E-state index in [1.165, 1.54) is 11.8 Å². The van der Waals surface area contributed by atoms with Gasteiger partial charge in [-0.15, -0.1) is 0 Å². The molecule has 0 saturated carbocycles. The lowest BCUT2D eigenvalue weighted by Crippen LogP contribution is -2.15. The molecule has 0 unspecified atom stereocenters. The first kappa shape index (κ1) is 9.26. The highest BCUT2D eigenvalue weighted by atomic mass is 32.2. The molecule has 0 bridgehead atoms. The van der Waals surface area contributed by atoms with Crippen LogP contribution in [0.5, 0.6) is 0 Å². The second-order valence-corrected chi connectivity index (χ2v) is 3.81. The molecule has 6 heteroatoms. The lowest BCUT2D eigenvalue weighted by atomic mass is 10.5. The Morgan fingerprint density at radius 1 is 1.43 bits per heavy atom. The first-order chi connectivity index (χ1) is 6.65. The highest BCUT2D eigenvalue weighted by Crippen LogP contribution is 2.13. The third kappa shape index (κ3) is 1.14. The third-order valence-electron chi connectivity index (χ3n) is 2.14. The van der Waals surface area contributed by atoms with Crippen LogP contribution in [0.25, 0.3) is 11.2 Å².